The molecule has 1 aromatic heterocycles. The lowest BCUT2D eigenvalue weighted by Gasteiger charge is -2.20. The average Bonchev–Trinajstić information content (AvgIpc) is 2.83. The molecule has 1 heterocycles. The van der Waals surface area contributed by atoms with E-state index in [-0.39, 0.29) is 0 Å². The number of nitrogens with zero attached hydrogens (tertiary/aromatic N) is 3. The highest BCUT2D eigenvalue weighted by atomic mass is 79.9. The fraction of sp³-hybridized carbons (Fsp3) is 0.286. The molecule has 0 unspecified atom stereocenters. The van der Waals surface area contributed by atoms with Gasteiger partial charge < -0.3 is 10.2 Å². The number of rotatable bonds is 4. The number of thiocarbonyl (C=S) groups is 1. The summed E-state index contributed by atoms with van der Waals surface area (Å²) < 4.78 is 2.85. The molecule has 4 nitrogen and oxygen atoms in total. The van der Waals surface area contributed by atoms with Crippen LogP contribution in [-0.4, -0.2) is 26.8 Å². The summed E-state index contributed by atoms with van der Waals surface area (Å²) >= 11 is 20.8. The van der Waals surface area contributed by atoms with Gasteiger partial charge in [0, 0.05) is 25.5 Å². The van der Waals surface area contributed by atoms with E-state index in [1.165, 1.54) is 0 Å². The summed E-state index contributed by atoms with van der Waals surface area (Å²) in [5.74, 6) is 0. The first kappa shape index (κ1) is 17.5. The van der Waals surface area contributed by atoms with Crippen molar-refractivity contribution < 1.29 is 0 Å². The minimum atomic E-state index is 0.488. The first-order valence-electron chi connectivity index (χ1n) is 6.59. The zero-order valence-corrected chi connectivity index (χ0v) is 16.0. The highest BCUT2D eigenvalue weighted by molar-refractivity contribution is 9.10. The average molecular weight is 422 g/mol. The molecule has 0 amide bonds. The van der Waals surface area contributed by atoms with Gasteiger partial charge in [0.1, 0.15) is 0 Å². The molecule has 0 aliphatic rings. The van der Waals surface area contributed by atoms with Gasteiger partial charge in [-0.2, -0.15) is 5.10 Å². The number of hydrogen-bond acceptors (Lipinski definition) is 2. The van der Waals surface area contributed by atoms with Crippen LogP contribution in [-0.2, 0) is 13.1 Å². The fourth-order valence-corrected chi connectivity index (χ4v) is 2.72. The van der Waals surface area contributed by atoms with E-state index in [1.54, 1.807) is 12.1 Å². The normalized spacial score (nSPS) is 10.6. The number of aromatic nitrogens is 2. The molecular weight excluding hydrogens is 407 g/mol. The van der Waals surface area contributed by atoms with Crippen LogP contribution in [0.1, 0.15) is 12.6 Å². The van der Waals surface area contributed by atoms with Crippen molar-refractivity contribution in [2.45, 2.75) is 20.0 Å². The van der Waals surface area contributed by atoms with Crippen molar-refractivity contribution in [3.05, 3.63) is 44.6 Å². The van der Waals surface area contributed by atoms with Gasteiger partial charge in [-0.25, -0.2) is 0 Å². The maximum atomic E-state index is 6.00. The number of benzene rings is 1. The van der Waals surface area contributed by atoms with Gasteiger partial charge in [-0.05, 0) is 53.3 Å². The SMILES string of the molecule is CCn1cc(Br)c(CN(C)C(=S)Nc2ccc(Cl)c(Cl)c2)n1. The van der Waals surface area contributed by atoms with Gasteiger partial charge in [-0.3, -0.25) is 4.68 Å². The second-order valence-electron chi connectivity index (χ2n) is 4.69. The summed E-state index contributed by atoms with van der Waals surface area (Å²) in [6.45, 7) is 3.47. The van der Waals surface area contributed by atoms with E-state index >= 15 is 0 Å². The summed E-state index contributed by atoms with van der Waals surface area (Å²) in [7, 11) is 1.91. The summed E-state index contributed by atoms with van der Waals surface area (Å²) in [4.78, 5) is 1.91. The van der Waals surface area contributed by atoms with Crippen molar-refractivity contribution in [1.82, 2.24) is 14.7 Å². The van der Waals surface area contributed by atoms with Crippen molar-refractivity contribution in [2.24, 2.45) is 0 Å². The Morgan fingerprint density at radius 3 is 2.73 bits per heavy atom. The Morgan fingerprint density at radius 2 is 2.14 bits per heavy atom. The maximum Gasteiger partial charge on any atom is 0.173 e. The molecule has 1 N–H and O–H groups in total. The lowest BCUT2D eigenvalue weighted by atomic mass is 10.3. The van der Waals surface area contributed by atoms with Gasteiger partial charge in [0.05, 0.1) is 26.8 Å². The van der Waals surface area contributed by atoms with Crippen LogP contribution in [0.2, 0.25) is 10.0 Å². The summed E-state index contributed by atoms with van der Waals surface area (Å²) in [6.07, 6.45) is 1.96. The Hall–Kier alpha value is -0.820. The Balaban J connectivity index is 2.02. The van der Waals surface area contributed by atoms with Gasteiger partial charge in [0.15, 0.2) is 5.11 Å². The van der Waals surface area contributed by atoms with Gasteiger partial charge >= 0.3 is 0 Å². The van der Waals surface area contributed by atoms with Crippen LogP contribution in [0, 0.1) is 0 Å². The second kappa shape index (κ2) is 7.64. The van der Waals surface area contributed by atoms with Crippen LogP contribution >= 0.6 is 51.3 Å². The van der Waals surface area contributed by atoms with Crippen LogP contribution < -0.4 is 5.32 Å². The third kappa shape index (κ3) is 4.35. The van der Waals surface area contributed by atoms with E-state index in [0.29, 0.717) is 21.7 Å². The first-order valence-corrected chi connectivity index (χ1v) is 8.55. The third-order valence-corrected chi connectivity index (χ3v) is 4.83. The molecule has 0 aliphatic heterocycles. The topological polar surface area (TPSA) is 33.1 Å². The van der Waals surface area contributed by atoms with Gasteiger partial charge in [-0.15, -0.1) is 0 Å². The zero-order valence-electron chi connectivity index (χ0n) is 12.1. The Labute approximate surface area is 153 Å². The van der Waals surface area contributed by atoms with Crippen LogP contribution in [0.15, 0.2) is 28.9 Å². The van der Waals surface area contributed by atoms with E-state index in [4.69, 9.17) is 35.4 Å². The quantitative estimate of drug-likeness (QED) is 0.718. The molecule has 8 heteroatoms. The Morgan fingerprint density at radius 1 is 1.41 bits per heavy atom. The molecule has 0 saturated carbocycles. The van der Waals surface area contributed by atoms with E-state index in [9.17, 15) is 0 Å². The number of halogens is 3. The summed E-state index contributed by atoms with van der Waals surface area (Å²) in [5, 5.41) is 9.20. The highest BCUT2D eigenvalue weighted by Gasteiger charge is 2.12. The number of aryl methyl sites for hydroxylation is 1. The highest BCUT2D eigenvalue weighted by Crippen LogP contribution is 2.25. The molecule has 118 valence electrons. The molecule has 0 saturated heterocycles. The lowest BCUT2D eigenvalue weighted by Crippen LogP contribution is -2.30. The molecule has 0 aliphatic carbocycles. The standard InChI is InChI=1S/C14H15BrCl2N4S/c1-3-21-7-10(15)13(19-21)8-20(2)14(22)18-9-4-5-11(16)12(17)6-9/h4-7H,3,8H2,1-2H3,(H,18,22). The summed E-state index contributed by atoms with van der Waals surface area (Å²) in [6, 6.07) is 5.30. The van der Waals surface area contributed by atoms with E-state index in [2.05, 4.69) is 26.3 Å². The van der Waals surface area contributed by atoms with E-state index < -0.39 is 0 Å². The molecule has 1 aromatic carbocycles. The first-order chi connectivity index (χ1) is 10.4. The van der Waals surface area contributed by atoms with Gasteiger partial charge in [0.25, 0.3) is 0 Å². The zero-order chi connectivity index (χ0) is 16.3. The minimum Gasteiger partial charge on any atom is -0.346 e. The Kier molecular flexibility index (Phi) is 6.09. The fourth-order valence-electron chi connectivity index (χ4n) is 1.80. The van der Waals surface area contributed by atoms with Crippen molar-refractivity contribution in [3.63, 3.8) is 0 Å². The molecule has 2 aromatic rings. The van der Waals surface area contributed by atoms with E-state index in [1.807, 2.05) is 35.8 Å². The summed E-state index contributed by atoms with van der Waals surface area (Å²) in [5.41, 5.74) is 1.73. The molecule has 0 radical (unpaired) electrons. The van der Waals surface area contributed by atoms with Gasteiger partial charge in [0.2, 0.25) is 0 Å². The molecule has 0 spiro atoms. The molecule has 2 rings (SSSR count). The van der Waals surface area contributed by atoms with Crippen LogP contribution in [0.4, 0.5) is 5.69 Å². The lowest BCUT2D eigenvalue weighted by molar-refractivity contribution is 0.491. The monoisotopic (exact) mass is 420 g/mol. The van der Waals surface area contributed by atoms with Crippen molar-refractivity contribution in [1.29, 1.82) is 0 Å². The molecule has 22 heavy (non-hydrogen) atoms. The van der Waals surface area contributed by atoms with E-state index in [0.717, 1.165) is 22.4 Å². The minimum absolute atomic E-state index is 0.488. The van der Waals surface area contributed by atoms with Crippen LogP contribution in [0.25, 0.3) is 0 Å². The largest absolute Gasteiger partial charge is 0.346 e. The predicted molar refractivity (Wildman–Crippen MR) is 99.8 cm³/mol. The van der Waals surface area contributed by atoms with Crippen molar-refractivity contribution in [2.75, 3.05) is 12.4 Å². The van der Waals surface area contributed by atoms with Gasteiger partial charge in [-0.1, -0.05) is 23.2 Å². The van der Waals surface area contributed by atoms with Crippen molar-refractivity contribution >= 4 is 62.1 Å². The molecule has 0 fully saturated rings. The second-order valence-corrected chi connectivity index (χ2v) is 6.75. The smallest absolute Gasteiger partial charge is 0.173 e. The molecule has 0 atom stereocenters. The number of anilines is 1. The van der Waals surface area contributed by atoms with Crippen LogP contribution in [0.3, 0.4) is 0 Å². The van der Waals surface area contributed by atoms with Crippen molar-refractivity contribution in [3.8, 4) is 0 Å². The maximum absolute atomic E-state index is 6.00. The molecular formula is C14H15BrCl2N4S. The number of nitrogens with one attached hydrogen (secondary N) is 1. The van der Waals surface area contributed by atoms with Crippen LogP contribution in [0.5, 0.6) is 0 Å². The predicted octanol–water partition coefficient (Wildman–Crippen LogP) is 4.80. The molecule has 0 bridgehead atoms. The Bertz CT molecular complexity index is 689. The number of hydrogen-bond donors (Lipinski definition) is 1. The third-order valence-electron chi connectivity index (χ3n) is 3.02.